The van der Waals surface area contributed by atoms with Gasteiger partial charge < -0.3 is 31.9 Å². The van der Waals surface area contributed by atoms with E-state index in [1.807, 2.05) is 20.8 Å². The molecule has 4 rings (SSSR count). The highest BCUT2D eigenvalue weighted by Crippen LogP contribution is 2.33. The maximum absolute atomic E-state index is 13.0. The molecule has 0 saturated carbocycles. The zero-order chi connectivity index (χ0) is 42.1. The van der Waals surface area contributed by atoms with Crippen LogP contribution in [-0.4, -0.2) is 18.1 Å². The van der Waals surface area contributed by atoms with E-state index in [1.54, 1.807) is 0 Å². The van der Waals surface area contributed by atoms with Crippen LogP contribution in [0.1, 0.15) is 70.8 Å². The van der Waals surface area contributed by atoms with Crippen LogP contribution < -0.4 is 31.9 Å². The molecule has 0 bridgehead atoms. The van der Waals surface area contributed by atoms with E-state index in [2.05, 4.69) is 31.9 Å². The number of halogens is 9. The lowest BCUT2D eigenvalue weighted by Gasteiger charge is -2.27. The molecule has 306 valence electrons. The van der Waals surface area contributed by atoms with Gasteiger partial charge in [0.05, 0.1) is 16.7 Å². The van der Waals surface area contributed by atoms with Gasteiger partial charge in [0.2, 0.25) is 0 Å². The molecule has 0 aliphatic heterocycles. The van der Waals surface area contributed by atoms with E-state index in [9.17, 15) is 53.9 Å². The first-order valence-electron chi connectivity index (χ1n) is 17.6. The summed E-state index contributed by atoms with van der Waals surface area (Å²) in [6, 6.07) is 9.36. The zero-order valence-corrected chi connectivity index (χ0v) is 30.8. The molecule has 0 atom stereocenters. The zero-order valence-electron chi connectivity index (χ0n) is 30.8. The van der Waals surface area contributed by atoms with E-state index in [4.69, 9.17) is 0 Å². The molecule has 0 radical (unpaired) electrons. The standard InChI is InChI=1S/C39H39F9N6O3/c1-4-28-31(19-49-34(55)52-25-13-7-22(8-14-25)37(40,41)42)29(5-2)33(21-51-36(57)54-27-17-11-24(12-18-27)39(46,47)48)30(6-3)32(28)20-50-35(56)53-26-15-9-23(10-16-26)38(43,44)45/h7-18H,4-6,19-21H2,1-3H3,(H2,49,52,55)(H2,50,53,56)(H2,51,54,57). The van der Waals surface area contributed by atoms with Crippen molar-refractivity contribution >= 4 is 35.2 Å². The smallest absolute Gasteiger partial charge is 0.334 e. The molecule has 0 spiro atoms. The Hall–Kier alpha value is -5.94. The van der Waals surface area contributed by atoms with E-state index in [-0.39, 0.29) is 36.7 Å². The number of benzene rings is 4. The molecule has 0 aliphatic carbocycles. The topological polar surface area (TPSA) is 123 Å². The van der Waals surface area contributed by atoms with Gasteiger partial charge in [-0.3, -0.25) is 0 Å². The van der Waals surface area contributed by atoms with Crippen LogP contribution in [0.25, 0.3) is 0 Å². The molecule has 4 aromatic carbocycles. The number of nitrogens with one attached hydrogen (secondary N) is 6. The highest BCUT2D eigenvalue weighted by atomic mass is 19.4. The summed E-state index contributed by atoms with van der Waals surface area (Å²) in [5, 5.41) is 15.7. The van der Waals surface area contributed by atoms with E-state index >= 15 is 0 Å². The van der Waals surface area contributed by atoms with Crippen molar-refractivity contribution in [1.82, 2.24) is 16.0 Å². The van der Waals surface area contributed by atoms with Crippen LogP contribution in [0.4, 0.5) is 71.0 Å². The first kappa shape index (κ1) is 43.8. The molecule has 0 heterocycles. The van der Waals surface area contributed by atoms with Crippen molar-refractivity contribution in [2.45, 2.75) is 78.2 Å². The molecule has 6 amide bonds. The average Bonchev–Trinajstić information content (AvgIpc) is 3.14. The maximum atomic E-state index is 13.0. The molecule has 57 heavy (non-hydrogen) atoms. The molecule has 0 saturated heterocycles. The first-order chi connectivity index (χ1) is 26.7. The molecular formula is C39H39F9N6O3. The van der Waals surface area contributed by atoms with Crippen LogP contribution in [0.15, 0.2) is 72.8 Å². The fraction of sp³-hybridized carbons (Fsp3) is 0.308. The van der Waals surface area contributed by atoms with Gasteiger partial charge in [-0.1, -0.05) is 20.8 Å². The second-order valence-corrected chi connectivity index (χ2v) is 12.6. The van der Waals surface area contributed by atoms with Crippen LogP contribution in [0, 0.1) is 0 Å². The third-order valence-corrected chi connectivity index (χ3v) is 8.93. The van der Waals surface area contributed by atoms with Gasteiger partial charge in [-0.2, -0.15) is 39.5 Å². The van der Waals surface area contributed by atoms with E-state index < -0.39 is 53.3 Å². The van der Waals surface area contributed by atoms with Crippen molar-refractivity contribution in [2.75, 3.05) is 16.0 Å². The van der Waals surface area contributed by atoms with Crippen molar-refractivity contribution < 1.29 is 53.9 Å². The predicted molar refractivity (Wildman–Crippen MR) is 196 cm³/mol. The summed E-state index contributed by atoms with van der Waals surface area (Å²) in [6.45, 7) is 5.29. The molecule has 0 fully saturated rings. The predicted octanol–water partition coefficient (Wildman–Crippen LogP) is 10.4. The SMILES string of the molecule is CCc1c(CNC(=O)Nc2ccc(C(F)(F)F)cc2)c(CC)c(CNC(=O)Nc2ccc(C(F)(F)F)cc2)c(CC)c1CNC(=O)Nc1ccc(C(F)(F)F)cc1. The Morgan fingerprint density at radius 2 is 0.596 bits per heavy atom. The lowest BCUT2D eigenvalue weighted by Crippen LogP contribution is -2.33. The van der Waals surface area contributed by atoms with Crippen LogP contribution in [0.5, 0.6) is 0 Å². The molecule has 18 heteroatoms. The van der Waals surface area contributed by atoms with Crippen LogP contribution in [0.3, 0.4) is 0 Å². The highest BCUT2D eigenvalue weighted by molar-refractivity contribution is 5.90. The van der Waals surface area contributed by atoms with Crippen LogP contribution >= 0.6 is 0 Å². The molecule has 4 aromatic rings. The summed E-state index contributed by atoms with van der Waals surface area (Å²) in [6.07, 6.45) is -12.5. The third kappa shape index (κ3) is 11.8. The number of hydrogen-bond donors (Lipinski definition) is 6. The number of hydrogen-bond acceptors (Lipinski definition) is 3. The van der Waals surface area contributed by atoms with Crippen molar-refractivity contribution in [3.63, 3.8) is 0 Å². The number of amides is 6. The minimum Gasteiger partial charge on any atom is -0.334 e. The molecule has 0 unspecified atom stereocenters. The summed E-state index contributed by atoms with van der Waals surface area (Å²) in [4.78, 5) is 39.0. The van der Waals surface area contributed by atoms with Gasteiger partial charge in [0.25, 0.3) is 0 Å². The molecule has 6 N–H and O–H groups in total. The number of rotatable bonds is 12. The van der Waals surface area contributed by atoms with Gasteiger partial charge >= 0.3 is 36.6 Å². The summed E-state index contributed by atoms with van der Waals surface area (Å²) in [5.41, 5.74) is 1.75. The Balaban J connectivity index is 1.62. The molecule has 9 nitrogen and oxygen atoms in total. The Morgan fingerprint density at radius 3 is 0.772 bits per heavy atom. The number of carbonyl (C=O) groups excluding carboxylic acids is 3. The molecule has 0 aliphatic rings. The number of carbonyl (C=O) groups is 3. The van der Waals surface area contributed by atoms with Gasteiger partial charge in [0, 0.05) is 36.7 Å². The van der Waals surface area contributed by atoms with E-state index in [1.165, 1.54) is 0 Å². The normalized spacial score (nSPS) is 11.8. The summed E-state index contributed by atoms with van der Waals surface area (Å²) in [5.74, 6) is 0. The van der Waals surface area contributed by atoms with E-state index in [0.29, 0.717) is 36.0 Å². The van der Waals surface area contributed by atoms with Gasteiger partial charge in [-0.25, -0.2) is 14.4 Å². The molecule has 0 aromatic heterocycles. The fourth-order valence-electron chi connectivity index (χ4n) is 6.27. The summed E-state index contributed by atoms with van der Waals surface area (Å²) in [7, 11) is 0. The van der Waals surface area contributed by atoms with Crippen molar-refractivity contribution in [2.24, 2.45) is 0 Å². The Labute approximate surface area is 321 Å². The summed E-state index contributed by atoms with van der Waals surface area (Å²) >= 11 is 0. The van der Waals surface area contributed by atoms with Crippen molar-refractivity contribution in [3.05, 3.63) is 123 Å². The summed E-state index contributed by atoms with van der Waals surface area (Å²) < 4.78 is 117. The van der Waals surface area contributed by atoms with Gasteiger partial charge in [-0.05, 0) is 125 Å². The largest absolute Gasteiger partial charge is 0.416 e. The minimum absolute atomic E-state index is 0.0850. The molecular weight excluding hydrogens is 771 g/mol. The fourth-order valence-corrected chi connectivity index (χ4v) is 6.27. The first-order valence-corrected chi connectivity index (χ1v) is 17.6. The highest BCUT2D eigenvalue weighted by Gasteiger charge is 2.32. The number of urea groups is 3. The van der Waals surface area contributed by atoms with Gasteiger partial charge in [0.1, 0.15) is 0 Å². The minimum atomic E-state index is -4.57. The second-order valence-electron chi connectivity index (χ2n) is 12.6. The monoisotopic (exact) mass is 810 g/mol. The van der Waals surface area contributed by atoms with Gasteiger partial charge in [0.15, 0.2) is 0 Å². The van der Waals surface area contributed by atoms with Gasteiger partial charge in [-0.15, -0.1) is 0 Å². The van der Waals surface area contributed by atoms with Crippen molar-refractivity contribution in [3.8, 4) is 0 Å². The number of anilines is 3. The van der Waals surface area contributed by atoms with E-state index in [0.717, 1.165) is 89.5 Å². The number of alkyl halides is 9. The van der Waals surface area contributed by atoms with Crippen LogP contribution in [0.2, 0.25) is 0 Å². The third-order valence-electron chi connectivity index (χ3n) is 8.93. The van der Waals surface area contributed by atoms with Crippen molar-refractivity contribution in [1.29, 1.82) is 0 Å². The lowest BCUT2D eigenvalue weighted by molar-refractivity contribution is -0.138. The Kier molecular flexibility index (Phi) is 14.1. The lowest BCUT2D eigenvalue weighted by atomic mass is 9.83. The Bertz CT molecular complexity index is 1780. The quantitative estimate of drug-likeness (QED) is 0.0799. The Morgan fingerprint density at radius 1 is 0.386 bits per heavy atom. The second kappa shape index (κ2) is 18.3. The average molecular weight is 811 g/mol. The maximum Gasteiger partial charge on any atom is 0.416 e. The van der Waals surface area contributed by atoms with Crippen LogP contribution in [-0.2, 0) is 57.4 Å².